The SMILES string of the molecule is CC(O)(CNC1CC1)Cc1cnccc1N. The van der Waals surface area contributed by atoms with E-state index in [0.717, 1.165) is 5.56 Å². The Labute approximate surface area is 95.9 Å². The molecule has 2 rings (SSSR count). The monoisotopic (exact) mass is 221 g/mol. The van der Waals surface area contributed by atoms with Crippen LogP contribution in [0.25, 0.3) is 0 Å². The summed E-state index contributed by atoms with van der Waals surface area (Å²) in [5, 5.41) is 13.5. The molecule has 0 radical (unpaired) electrons. The average Bonchev–Trinajstić information content (AvgIpc) is 3.02. The minimum atomic E-state index is -0.764. The molecule has 16 heavy (non-hydrogen) atoms. The summed E-state index contributed by atoms with van der Waals surface area (Å²) in [7, 11) is 0. The van der Waals surface area contributed by atoms with E-state index < -0.39 is 5.60 Å². The smallest absolute Gasteiger partial charge is 0.0785 e. The molecule has 4 nitrogen and oxygen atoms in total. The Hall–Kier alpha value is -1.13. The highest BCUT2D eigenvalue weighted by atomic mass is 16.3. The fourth-order valence-electron chi connectivity index (χ4n) is 1.71. The van der Waals surface area contributed by atoms with Crippen LogP contribution in [-0.2, 0) is 6.42 Å². The molecule has 0 bridgehead atoms. The van der Waals surface area contributed by atoms with E-state index >= 15 is 0 Å². The predicted octanol–water partition coefficient (Wildman–Crippen LogP) is 0.709. The van der Waals surface area contributed by atoms with Crippen LogP contribution in [0.4, 0.5) is 5.69 Å². The van der Waals surface area contributed by atoms with Crippen LogP contribution in [0.2, 0.25) is 0 Å². The molecule has 0 aliphatic heterocycles. The second-order valence-electron chi connectivity index (χ2n) is 4.90. The first-order valence-electron chi connectivity index (χ1n) is 5.71. The second kappa shape index (κ2) is 4.39. The van der Waals surface area contributed by atoms with Crippen molar-refractivity contribution < 1.29 is 5.11 Å². The summed E-state index contributed by atoms with van der Waals surface area (Å²) in [5.41, 5.74) is 6.66. The van der Waals surface area contributed by atoms with Crippen LogP contribution in [-0.4, -0.2) is 28.3 Å². The minimum absolute atomic E-state index is 0.534. The van der Waals surface area contributed by atoms with Crippen LogP contribution < -0.4 is 11.1 Å². The van der Waals surface area contributed by atoms with Gasteiger partial charge in [0, 0.05) is 37.1 Å². The van der Waals surface area contributed by atoms with Gasteiger partial charge in [-0.15, -0.1) is 0 Å². The number of hydrogen-bond donors (Lipinski definition) is 3. The lowest BCUT2D eigenvalue weighted by molar-refractivity contribution is 0.0598. The standard InChI is InChI=1S/C12H19N3O/c1-12(16,8-15-10-2-3-10)6-9-7-14-5-4-11(9)13/h4-5,7,10,15-16H,2-3,6,8H2,1H3,(H2,13,14). The molecular formula is C12H19N3O. The summed E-state index contributed by atoms with van der Waals surface area (Å²) < 4.78 is 0. The Bertz CT molecular complexity index is 361. The van der Waals surface area contributed by atoms with Crippen molar-refractivity contribution in [3.8, 4) is 0 Å². The van der Waals surface area contributed by atoms with Gasteiger partial charge in [-0.2, -0.15) is 0 Å². The first-order chi connectivity index (χ1) is 7.57. The molecule has 1 saturated carbocycles. The highest BCUT2D eigenvalue weighted by Gasteiger charge is 2.27. The molecule has 0 saturated heterocycles. The quantitative estimate of drug-likeness (QED) is 0.685. The molecule has 0 amide bonds. The average molecular weight is 221 g/mol. The summed E-state index contributed by atoms with van der Waals surface area (Å²) in [6.07, 6.45) is 6.37. The Morgan fingerprint density at radius 3 is 3.00 bits per heavy atom. The van der Waals surface area contributed by atoms with Crippen LogP contribution >= 0.6 is 0 Å². The van der Waals surface area contributed by atoms with Crippen molar-refractivity contribution in [3.63, 3.8) is 0 Å². The Kier molecular flexibility index (Phi) is 3.12. The maximum Gasteiger partial charge on any atom is 0.0785 e. The van der Waals surface area contributed by atoms with E-state index in [0.29, 0.717) is 24.7 Å². The number of rotatable bonds is 5. The van der Waals surface area contributed by atoms with E-state index in [1.165, 1.54) is 12.8 Å². The predicted molar refractivity (Wildman–Crippen MR) is 64.0 cm³/mol. The van der Waals surface area contributed by atoms with E-state index in [2.05, 4.69) is 10.3 Å². The topological polar surface area (TPSA) is 71.2 Å². The molecular weight excluding hydrogens is 202 g/mol. The van der Waals surface area contributed by atoms with Gasteiger partial charge < -0.3 is 16.2 Å². The largest absolute Gasteiger partial charge is 0.398 e. The van der Waals surface area contributed by atoms with Gasteiger partial charge in [0.25, 0.3) is 0 Å². The highest BCUT2D eigenvalue weighted by molar-refractivity contribution is 5.44. The number of nitrogens with two attached hydrogens (primary N) is 1. The minimum Gasteiger partial charge on any atom is -0.398 e. The number of aromatic nitrogens is 1. The first-order valence-corrected chi connectivity index (χ1v) is 5.71. The Morgan fingerprint density at radius 2 is 2.38 bits per heavy atom. The number of nitrogens with one attached hydrogen (secondary N) is 1. The molecule has 1 fully saturated rings. The number of pyridine rings is 1. The molecule has 1 unspecified atom stereocenters. The lowest BCUT2D eigenvalue weighted by Gasteiger charge is -2.24. The van der Waals surface area contributed by atoms with Gasteiger partial charge in [-0.1, -0.05) is 0 Å². The molecule has 0 spiro atoms. The Morgan fingerprint density at radius 1 is 1.62 bits per heavy atom. The van der Waals surface area contributed by atoms with Gasteiger partial charge in [-0.05, 0) is 31.4 Å². The van der Waals surface area contributed by atoms with Gasteiger partial charge in [0.05, 0.1) is 5.60 Å². The maximum absolute atomic E-state index is 10.2. The third-order valence-corrected chi connectivity index (χ3v) is 2.86. The Balaban J connectivity index is 1.93. The van der Waals surface area contributed by atoms with Crippen molar-refractivity contribution in [2.45, 2.75) is 37.8 Å². The van der Waals surface area contributed by atoms with Crippen LogP contribution in [0, 0.1) is 0 Å². The summed E-state index contributed by atoms with van der Waals surface area (Å²) in [4.78, 5) is 4.03. The molecule has 1 aromatic heterocycles. The van der Waals surface area contributed by atoms with Gasteiger partial charge in [-0.3, -0.25) is 4.98 Å². The molecule has 1 aromatic rings. The lowest BCUT2D eigenvalue weighted by Crippen LogP contribution is -2.40. The summed E-state index contributed by atoms with van der Waals surface area (Å²) in [5.74, 6) is 0. The van der Waals surface area contributed by atoms with Crippen molar-refractivity contribution in [1.29, 1.82) is 0 Å². The normalized spacial score (nSPS) is 19.4. The molecule has 1 aliphatic carbocycles. The van der Waals surface area contributed by atoms with E-state index in [1.54, 1.807) is 18.5 Å². The van der Waals surface area contributed by atoms with Crippen LogP contribution in [0.3, 0.4) is 0 Å². The number of aliphatic hydroxyl groups is 1. The second-order valence-corrected chi connectivity index (χ2v) is 4.90. The molecule has 4 heteroatoms. The lowest BCUT2D eigenvalue weighted by atomic mass is 9.96. The van der Waals surface area contributed by atoms with Crippen molar-refractivity contribution in [3.05, 3.63) is 24.0 Å². The third-order valence-electron chi connectivity index (χ3n) is 2.86. The zero-order valence-electron chi connectivity index (χ0n) is 9.61. The summed E-state index contributed by atoms with van der Waals surface area (Å²) in [6, 6.07) is 2.37. The van der Waals surface area contributed by atoms with Crippen molar-refractivity contribution in [2.75, 3.05) is 12.3 Å². The first kappa shape index (κ1) is 11.4. The molecule has 1 heterocycles. The number of anilines is 1. The van der Waals surface area contributed by atoms with E-state index in [-0.39, 0.29) is 0 Å². The van der Waals surface area contributed by atoms with E-state index in [9.17, 15) is 5.11 Å². The van der Waals surface area contributed by atoms with Gasteiger partial charge in [-0.25, -0.2) is 0 Å². The zero-order valence-corrected chi connectivity index (χ0v) is 9.61. The van der Waals surface area contributed by atoms with Crippen molar-refractivity contribution in [1.82, 2.24) is 10.3 Å². The van der Waals surface area contributed by atoms with Crippen molar-refractivity contribution in [2.24, 2.45) is 0 Å². The molecule has 4 N–H and O–H groups in total. The third kappa shape index (κ3) is 3.18. The van der Waals surface area contributed by atoms with Gasteiger partial charge in [0.2, 0.25) is 0 Å². The van der Waals surface area contributed by atoms with E-state index in [1.807, 2.05) is 6.92 Å². The van der Waals surface area contributed by atoms with E-state index in [4.69, 9.17) is 5.73 Å². The fraction of sp³-hybridized carbons (Fsp3) is 0.583. The number of hydrogen-bond acceptors (Lipinski definition) is 4. The maximum atomic E-state index is 10.2. The highest BCUT2D eigenvalue weighted by Crippen LogP contribution is 2.21. The molecule has 0 aromatic carbocycles. The van der Waals surface area contributed by atoms with Gasteiger partial charge in [0.1, 0.15) is 0 Å². The molecule has 88 valence electrons. The zero-order chi connectivity index (χ0) is 11.6. The van der Waals surface area contributed by atoms with Gasteiger partial charge in [0.15, 0.2) is 0 Å². The summed E-state index contributed by atoms with van der Waals surface area (Å²) >= 11 is 0. The van der Waals surface area contributed by atoms with Crippen molar-refractivity contribution >= 4 is 5.69 Å². The van der Waals surface area contributed by atoms with Crippen LogP contribution in [0.15, 0.2) is 18.5 Å². The van der Waals surface area contributed by atoms with Crippen LogP contribution in [0.5, 0.6) is 0 Å². The number of nitrogen functional groups attached to an aromatic ring is 1. The molecule has 1 aliphatic rings. The fourth-order valence-corrected chi connectivity index (χ4v) is 1.71. The number of nitrogens with zero attached hydrogens (tertiary/aromatic N) is 1. The molecule has 1 atom stereocenters. The van der Waals surface area contributed by atoms with Crippen LogP contribution in [0.1, 0.15) is 25.3 Å². The van der Waals surface area contributed by atoms with Gasteiger partial charge >= 0.3 is 0 Å². The summed E-state index contributed by atoms with van der Waals surface area (Å²) in [6.45, 7) is 2.43.